The second-order valence-corrected chi connectivity index (χ2v) is 6.90. The molecule has 3 heterocycles. The number of amides is 1. The third-order valence-corrected chi connectivity index (χ3v) is 4.54. The van der Waals surface area contributed by atoms with Crippen LogP contribution in [-0.4, -0.2) is 53.5 Å². The van der Waals surface area contributed by atoms with E-state index in [4.69, 9.17) is 4.74 Å². The van der Waals surface area contributed by atoms with Crippen molar-refractivity contribution in [3.8, 4) is 0 Å². The Labute approximate surface area is 154 Å². The molecule has 1 amide bonds. The molecular weight excluding hydrogens is 330 g/mol. The fourth-order valence-corrected chi connectivity index (χ4v) is 3.18. The van der Waals surface area contributed by atoms with Crippen molar-refractivity contribution in [1.82, 2.24) is 20.1 Å². The number of rotatable bonds is 6. The maximum atomic E-state index is 12.7. The Bertz CT molecular complexity index is 752. The minimum Gasteiger partial charge on any atom is -0.378 e. The maximum absolute atomic E-state index is 12.7. The van der Waals surface area contributed by atoms with E-state index in [1.54, 1.807) is 12.3 Å². The fraction of sp³-hybridized carbons (Fsp3) is 0.526. The summed E-state index contributed by atoms with van der Waals surface area (Å²) < 4.78 is 7.39. The smallest absolute Gasteiger partial charge is 0.255 e. The first-order valence-corrected chi connectivity index (χ1v) is 9.11. The van der Waals surface area contributed by atoms with Crippen LogP contribution < -0.4 is 10.2 Å². The molecule has 0 radical (unpaired) electrons. The van der Waals surface area contributed by atoms with Crippen LogP contribution in [0.1, 0.15) is 28.7 Å². The number of nitrogens with one attached hydrogen (secondary N) is 1. The summed E-state index contributed by atoms with van der Waals surface area (Å²) in [6, 6.07) is 5.70. The minimum atomic E-state index is -0.0835. The molecule has 7 nitrogen and oxygen atoms in total. The molecule has 140 valence electrons. The molecule has 0 aliphatic carbocycles. The molecule has 1 saturated heterocycles. The van der Waals surface area contributed by atoms with Gasteiger partial charge in [-0.2, -0.15) is 5.10 Å². The van der Waals surface area contributed by atoms with Crippen molar-refractivity contribution in [1.29, 1.82) is 0 Å². The van der Waals surface area contributed by atoms with Gasteiger partial charge in [-0.3, -0.25) is 9.48 Å². The van der Waals surface area contributed by atoms with Gasteiger partial charge in [0, 0.05) is 38.1 Å². The molecule has 1 N–H and O–H groups in total. The zero-order valence-electron chi connectivity index (χ0n) is 15.7. The monoisotopic (exact) mass is 357 g/mol. The van der Waals surface area contributed by atoms with Crippen LogP contribution in [0.15, 0.2) is 24.4 Å². The zero-order valence-corrected chi connectivity index (χ0v) is 15.7. The van der Waals surface area contributed by atoms with E-state index in [1.807, 2.05) is 17.7 Å². The van der Waals surface area contributed by atoms with Gasteiger partial charge in [-0.25, -0.2) is 4.98 Å². The topological polar surface area (TPSA) is 72.3 Å². The Morgan fingerprint density at radius 1 is 1.35 bits per heavy atom. The summed E-state index contributed by atoms with van der Waals surface area (Å²) in [5.41, 5.74) is 2.78. The van der Waals surface area contributed by atoms with Crippen LogP contribution >= 0.6 is 0 Å². The van der Waals surface area contributed by atoms with E-state index in [9.17, 15) is 4.79 Å². The average molecular weight is 357 g/mol. The van der Waals surface area contributed by atoms with Crippen molar-refractivity contribution in [3.05, 3.63) is 41.3 Å². The van der Waals surface area contributed by atoms with Gasteiger partial charge in [-0.05, 0) is 38.0 Å². The first-order valence-electron chi connectivity index (χ1n) is 9.11. The third-order valence-electron chi connectivity index (χ3n) is 4.54. The molecule has 0 aromatic carbocycles. The number of nitrogens with zero attached hydrogens (tertiary/aromatic N) is 4. The first kappa shape index (κ1) is 18.4. The van der Waals surface area contributed by atoms with E-state index in [-0.39, 0.29) is 11.8 Å². The molecule has 0 bridgehead atoms. The Hall–Kier alpha value is -2.41. The lowest BCUT2D eigenvalue weighted by atomic mass is 10.1. The van der Waals surface area contributed by atoms with Crippen LogP contribution in [0.3, 0.4) is 0 Å². The fourth-order valence-electron chi connectivity index (χ4n) is 3.18. The van der Waals surface area contributed by atoms with Crippen LogP contribution in [0, 0.1) is 19.8 Å². The normalized spacial score (nSPS) is 15.7. The molecule has 7 heteroatoms. The quantitative estimate of drug-likeness (QED) is 0.853. The Balaban J connectivity index is 1.60. The number of anilines is 1. The second-order valence-electron chi connectivity index (χ2n) is 6.90. The number of aryl methyl sites for hydroxylation is 2. The minimum absolute atomic E-state index is 0.0835. The molecular formula is C19H27N5O2. The van der Waals surface area contributed by atoms with Crippen molar-refractivity contribution in [2.75, 3.05) is 37.7 Å². The second kappa shape index (κ2) is 8.31. The largest absolute Gasteiger partial charge is 0.378 e. The number of carbonyl (C=O) groups excluding carboxylic acids is 1. The predicted octanol–water partition coefficient (Wildman–Crippen LogP) is 1.80. The highest BCUT2D eigenvalue weighted by Crippen LogP contribution is 2.18. The van der Waals surface area contributed by atoms with Crippen LogP contribution in [0.4, 0.5) is 5.82 Å². The number of ether oxygens (including phenoxy) is 1. The van der Waals surface area contributed by atoms with Gasteiger partial charge in [0.2, 0.25) is 0 Å². The summed E-state index contributed by atoms with van der Waals surface area (Å²) in [7, 11) is 0. The van der Waals surface area contributed by atoms with Crippen molar-refractivity contribution >= 4 is 11.7 Å². The highest BCUT2D eigenvalue weighted by Gasteiger charge is 2.20. The van der Waals surface area contributed by atoms with Gasteiger partial charge in [0.05, 0.1) is 24.5 Å². The van der Waals surface area contributed by atoms with E-state index < -0.39 is 0 Å². The highest BCUT2D eigenvalue weighted by molar-refractivity contribution is 5.98. The lowest BCUT2D eigenvalue weighted by molar-refractivity contribution is 0.0944. The van der Waals surface area contributed by atoms with Gasteiger partial charge in [0.1, 0.15) is 5.82 Å². The number of pyridine rings is 1. The van der Waals surface area contributed by atoms with Crippen LogP contribution in [0.25, 0.3) is 0 Å². The molecule has 26 heavy (non-hydrogen) atoms. The molecule has 1 aliphatic rings. The lowest BCUT2D eigenvalue weighted by Crippen LogP contribution is -2.39. The van der Waals surface area contributed by atoms with E-state index in [2.05, 4.69) is 40.2 Å². The number of aromatic nitrogens is 3. The van der Waals surface area contributed by atoms with E-state index in [0.29, 0.717) is 25.3 Å². The molecule has 0 unspecified atom stereocenters. The number of hydrogen-bond acceptors (Lipinski definition) is 5. The first-order chi connectivity index (χ1) is 12.5. The number of morpholine rings is 1. The van der Waals surface area contributed by atoms with Gasteiger partial charge < -0.3 is 15.0 Å². The molecule has 1 atom stereocenters. The van der Waals surface area contributed by atoms with Gasteiger partial charge in [-0.1, -0.05) is 6.92 Å². The lowest BCUT2D eigenvalue weighted by Gasteiger charge is -2.29. The summed E-state index contributed by atoms with van der Waals surface area (Å²) >= 11 is 0. The standard InChI is InChI=1S/C19H27N5O2/c1-14(13-24-16(3)11-15(2)22-24)12-21-19(25)17-5-4-6-20-18(17)23-7-9-26-10-8-23/h4-6,11,14H,7-10,12-13H2,1-3H3,(H,21,25)/t14-/m0/s1. The molecule has 0 spiro atoms. The Morgan fingerprint density at radius 3 is 2.81 bits per heavy atom. The molecule has 1 aliphatic heterocycles. The zero-order chi connectivity index (χ0) is 18.5. The SMILES string of the molecule is Cc1cc(C)n(C[C@@H](C)CNC(=O)c2cccnc2N2CCOCC2)n1. The highest BCUT2D eigenvalue weighted by atomic mass is 16.5. The van der Waals surface area contributed by atoms with Crippen LogP contribution in [0.5, 0.6) is 0 Å². The summed E-state index contributed by atoms with van der Waals surface area (Å²) in [4.78, 5) is 19.2. The van der Waals surface area contributed by atoms with Gasteiger partial charge in [-0.15, -0.1) is 0 Å². The summed E-state index contributed by atoms with van der Waals surface area (Å²) in [6.07, 6.45) is 1.73. The van der Waals surface area contributed by atoms with Crippen molar-refractivity contribution in [3.63, 3.8) is 0 Å². The van der Waals surface area contributed by atoms with Gasteiger partial charge in [0.25, 0.3) is 5.91 Å². The summed E-state index contributed by atoms with van der Waals surface area (Å²) in [5.74, 6) is 0.930. The predicted molar refractivity (Wildman–Crippen MR) is 100 cm³/mol. The van der Waals surface area contributed by atoms with Crippen molar-refractivity contribution < 1.29 is 9.53 Å². The van der Waals surface area contributed by atoms with Crippen molar-refractivity contribution in [2.45, 2.75) is 27.3 Å². The Morgan fingerprint density at radius 2 is 2.12 bits per heavy atom. The maximum Gasteiger partial charge on any atom is 0.255 e. The van der Waals surface area contributed by atoms with Crippen LogP contribution in [-0.2, 0) is 11.3 Å². The van der Waals surface area contributed by atoms with E-state index in [0.717, 1.165) is 36.8 Å². The molecule has 3 rings (SSSR count). The third kappa shape index (κ3) is 4.40. The van der Waals surface area contributed by atoms with Crippen molar-refractivity contribution in [2.24, 2.45) is 5.92 Å². The van der Waals surface area contributed by atoms with Gasteiger partial charge >= 0.3 is 0 Å². The summed E-state index contributed by atoms with van der Waals surface area (Å²) in [6.45, 7) is 10.4. The molecule has 2 aromatic rings. The summed E-state index contributed by atoms with van der Waals surface area (Å²) in [5, 5.41) is 7.53. The Kier molecular flexibility index (Phi) is 5.88. The number of hydrogen-bond donors (Lipinski definition) is 1. The molecule has 2 aromatic heterocycles. The average Bonchev–Trinajstić information content (AvgIpc) is 2.97. The number of carbonyl (C=O) groups is 1. The van der Waals surface area contributed by atoms with E-state index in [1.165, 1.54) is 0 Å². The van der Waals surface area contributed by atoms with Gasteiger partial charge in [0.15, 0.2) is 0 Å². The molecule has 0 saturated carbocycles. The van der Waals surface area contributed by atoms with Crippen LogP contribution in [0.2, 0.25) is 0 Å². The molecule has 1 fully saturated rings. The van der Waals surface area contributed by atoms with E-state index >= 15 is 0 Å².